The Hall–Kier alpha value is -4.69. The number of aromatic amines is 1. The van der Waals surface area contributed by atoms with Crippen molar-refractivity contribution in [3.8, 4) is 0 Å². The number of likely N-dealkylation sites (tertiary alicyclic amines) is 1. The molecule has 0 radical (unpaired) electrons. The molecule has 7 rings (SSSR count). The number of carbonyl (C=O) groups is 2. The van der Waals surface area contributed by atoms with Crippen molar-refractivity contribution in [3.63, 3.8) is 0 Å². The van der Waals surface area contributed by atoms with E-state index in [2.05, 4.69) is 10.3 Å². The summed E-state index contributed by atoms with van der Waals surface area (Å²) in [5.41, 5.74) is 1.39. The van der Waals surface area contributed by atoms with Crippen molar-refractivity contribution in [2.24, 2.45) is 0 Å². The summed E-state index contributed by atoms with van der Waals surface area (Å²) in [4.78, 5) is 46.2. The molecule has 9 nitrogen and oxygen atoms in total. The molecule has 2 atom stereocenters. The highest BCUT2D eigenvalue weighted by Crippen LogP contribution is 2.58. The fraction of sp³-hybridized carbons (Fsp3) is 0.237. The number of fused-ring (bicyclic) bond motifs is 3. The first kappa shape index (κ1) is 32.8. The molecule has 1 aliphatic heterocycles. The van der Waals surface area contributed by atoms with Crippen molar-refractivity contribution in [1.29, 1.82) is 0 Å². The first-order valence-corrected chi connectivity index (χ1v) is 18.9. The average Bonchev–Trinajstić information content (AvgIpc) is 3.42. The van der Waals surface area contributed by atoms with Crippen LogP contribution in [-0.2, 0) is 13.9 Å². The average molecular weight is 695 g/mol. The maximum Gasteiger partial charge on any atom is 0.326 e. The highest BCUT2D eigenvalue weighted by molar-refractivity contribution is 7.59. The minimum absolute atomic E-state index is 0.113. The van der Waals surface area contributed by atoms with Crippen LogP contribution in [-0.4, -0.2) is 52.6 Å². The number of anilines is 1. The van der Waals surface area contributed by atoms with Crippen LogP contribution >= 0.6 is 19.0 Å². The molecule has 1 aliphatic rings. The van der Waals surface area contributed by atoms with Crippen molar-refractivity contribution >= 4 is 69.0 Å². The summed E-state index contributed by atoms with van der Waals surface area (Å²) >= 11 is 6.25. The van der Waals surface area contributed by atoms with E-state index in [1.807, 2.05) is 66.7 Å². The molecular weight excluding hydrogens is 659 g/mol. The molecule has 250 valence electrons. The van der Waals surface area contributed by atoms with Crippen LogP contribution in [0.3, 0.4) is 0 Å². The fourth-order valence-electron chi connectivity index (χ4n) is 7.10. The zero-order chi connectivity index (χ0) is 34.3. The van der Waals surface area contributed by atoms with Gasteiger partial charge in [-0.25, -0.2) is 4.79 Å². The molecule has 0 spiro atoms. The molecule has 2 amide bonds. The summed E-state index contributed by atoms with van der Waals surface area (Å²) < 4.78 is 21.6. The first-order chi connectivity index (χ1) is 23.6. The standard InChI is InChI=1S/C38H36ClN4O5P/c1-3-48-49(2,47)35(30-14-8-12-24-9-6-7-13-29(24)30)36(44)40-33-22-26-11-5-4-10-25(26)21-31(33)37(45)42-19-17-28(18-20-42)43-34-23-27(39)15-16-32(34)41-38(43)46/h4-16,21-23,28,35H,3,17-20H2,1-2H3,(H,40,44)(H,41,46). The van der Waals surface area contributed by atoms with E-state index in [-0.39, 0.29) is 24.2 Å². The predicted octanol–water partition coefficient (Wildman–Crippen LogP) is 8.39. The van der Waals surface area contributed by atoms with Crippen LogP contribution in [0.4, 0.5) is 5.69 Å². The third kappa shape index (κ3) is 6.30. The van der Waals surface area contributed by atoms with Crippen LogP contribution < -0.4 is 11.0 Å². The molecular formula is C38H36ClN4O5P. The Morgan fingerprint density at radius 1 is 0.939 bits per heavy atom. The molecule has 49 heavy (non-hydrogen) atoms. The number of nitrogens with zero attached hydrogens (tertiary/aromatic N) is 2. The van der Waals surface area contributed by atoms with E-state index in [9.17, 15) is 18.9 Å². The van der Waals surface area contributed by atoms with Crippen molar-refractivity contribution in [1.82, 2.24) is 14.5 Å². The normalized spacial score (nSPS) is 15.8. The van der Waals surface area contributed by atoms with Gasteiger partial charge in [-0.05, 0) is 77.2 Å². The number of hydrogen-bond acceptors (Lipinski definition) is 5. The number of nitrogens with one attached hydrogen (secondary N) is 2. The highest BCUT2D eigenvalue weighted by atomic mass is 35.5. The van der Waals surface area contributed by atoms with Gasteiger partial charge in [-0.15, -0.1) is 0 Å². The Morgan fingerprint density at radius 3 is 2.35 bits per heavy atom. The second-order valence-corrected chi connectivity index (χ2v) is 15.5. The summed E-state index contributed by atoms with van der Waals surface area (Å²) in [7, 11) is -3.54. The van der Waals surface area contributed by atoms with Gasteiger partial charge in [0.1, 0.15) is 5.66 Å². The number of halogens is 1. The molecule has 2 heterocycles. The quantitative estimate of drug-likeness (QED) is 0.155. The predicted molar refractivity (Wildman–Crippen MR) is 196 cm³/mol. The van der Waals surface area contributed by atoms with E-state index < -0.39 is 18.9 Å². The van der Waals surface area contributed by atoms with Crippen LogP contribution in [0.25, 0.3) is 32.6 Å². The summed E-state index contributed by atoms with van der Waals surface area (Å²) in [6.07, 6.45) is 1.13. The number of imidazole rings is 1. The smallest absolute Gasteiger partial charge is 0.326 e. The van der Waals surface area contributed by atoms with Crippen molar-refractivity contribution in [3.05, 3.63) is 124 Å². The monoisotopic (exact) mass is 694 g/mol. The van der Waals surface area contributed by atoms with Crippen molar-refractivity contribution in [2.75, 3.05) is 31.7 Å². The van der Waals surface area contributed by atoms with Gasteiger partial charge in [-0.1, -0.05) is 78.3 Å². The van der Waals surface area contributed by atoms with Gasteiger partial charge >= 0.3 is 5.69 Å². The number of H-pyrrole nitrogens is 1. The Bertz CT molecular complexity index is 2340. The van der Waals surface area contributed by atoms with Gasteiger partial charge in [0.2, 0.25) is 13.3 Å². The molecule has 0 aliphatic carbocycles. The maximum absolute atomic E-state index is 14.4. The number of amides is 2. The van der Waals surface area contributed by atoms with Crippen LogP contribution in [0.1, 0.15) is 47.4 Å². The maximum atomic E-state index is 14.4. The van der Waals surface area contributed by atoms with Crippen LogP contribution in [0.2, 0.25) is 5.02 Å². The molecule has 11 heteroatoms. The van der Waals surface area contributed by atoms with E-state index in [1.165, 1.54) is 6.66 Å². The lowest BCUT2D eigenvalue weighted by molar-refractivity contribution is -0.116. The summed E-state index contributed by atoms with van der Waals surface area (Å²) in [6, 6.07) is 29.7. The number of benzene rings is 5. The van der Waals surface area contributed by atoms with E-state index in [4.69, 9.17) is 16.1 Å². The second kappa shape index (κ2) is 13.3. The van der Waals surface area contributed by atoms with Gasteiger partial charge in [-0.2, -0.15) is 0 Å². The minimum Gasteiger partial charge on any atom is -0.338 e. The topological polar surface area (TPSA) is 113 Å². The van der Waals surface area contributed by atoms with Crippen LogP contribution in [0.15, 0.2) is 102 Å². The van der Waals surface area contributed by atoms with E-state index >= 15 is 0 Å². The van der Waals surface area contributed by atoms with Crippen LogP contribution in [0.5, 0.6) is 0 Å². The Morgan fingerprint density at radius 2 is 1.61 bits per heavy atom. The van der Waals surface area contributed by atoms with Gasteiger partial charge in [0.15, 0.2) is 0 Å². The molecule has 6 aromatic rings. The highest BCUT2D eigenvalue weighted by Gasteiger charge is 2.39. The zero-order valence-electron chi connectivity index (χ0n) is 27.2. The lowest BCUT2D eigenvalue weighted by atomic mass is 9.99. The number of rotatable bonds is 8. The molecule has 1 aromatic heterocycles. The van der Waals surface area contributed by atoms with Crippen molar-refractivity contribution in [2.45, 2.75) is 31.5 Å². The zero-order valence-corrected chi connectivity index (χ0v) is 28.8. The van der Waals surface area contributed by atoms with Gasteiger partial charge in [-0.3, -0.25) is 18.7 Å². The largest absolute Gasteiger partial charge is 0.338 e. The van der Waals surface area contributed by atoms with E-state index in [0.717, 1.165) is 27.1 Å². The van der Waals surface area contributed by atoms with Gasteiger partial charge in [0.05, 0.1) is 28.9 Å². The third-order valence-corrected chi connectivity index (χ3v) is 11.8. The summed E-state index contributed by atoms with van der Waals surface area (Å²) in [6.45, 7) is 4.25. The van der Waals surface area contributed by atoms with Gasteiger partial charge in [0.25, 0.3) is 5.91 Å². The number of carbonyl (C=O) groups excluding carboxylic acids is 2. The van der Waals surface area contributed by atoms with Gasteiger partial charge in [0, 0.05) is 30.8 Å². The van der Waals surface area contributed by atoms with E-state index in [0.29, 0.717) is 53.3 Å². The number of piperidine rings is 1. The lowest BCUT2D eigenvalue weighted by Gasteiger charge is -2.33. The Kier molecular flexibility index (Phi) is 8.92. The molecule has 2 unspecified atom stereocenters. The molecule has 5 aromatic carbocycles. The minimum atomic E-state index is -3.54. The lowest BCUT2D eigenvalue weighted by Crippen LogP contribution is -2.40. The van der Waals surface area contributed by atoms with Crippen molar-refractivity contribution < 1.29 is 18.7 Å². The molecule has 0 bridgehead atoms. The molecule has 2 N–H and O–H groups in total. The number of hydrogen-bond donors (Lipinski definition) is 2. The second-order valence-electron chi connectivity index (χ2n) is 12.5. The van der Waals surface area contributed by atoms with Crippen LogP contribution in [0, 0.1) is 0 Å². The fourth-order valence-corrected chi connectivity index (χ4v) is 9.15. The van der Waals surface area contributed by atoms with Gasteiger partial charge < -0.3 is 19.7 Å². The molecule has 0 saturated carbocycles. The number of aromatic nitrogens is 2. The Labute approximate surface area is 288 Å². The SMILES string of the molecule is CCOP(C)(=O)C(C(=O)Nc1cc2ccccc2cc1C(=O)N1CCC(n2c(=O)[nH]c3ccc(Cl)cc32)CC1)c1cccc2ccccc12. The third-order valence-electron chi connectivity index (χ3n) is 9.39. The van der Waals surface area contributed by atoms with E-state index in [1.54, 1.807) is 46.7 Å². The molecule has 1 fully saturated rings. The Balaban J connectivity index is 1.21. The summed E-state index contributed by atoms with van der Waals surface area (Å²) in [5.74, 6) is -0.754. The molecule has 1 saturated heterocycles. The first-order valence-electron chi connectivity index (χ1n) is 16.4. The summed E-state index contributed by atoms with van der Waals surface area (Å²) in [5, 5.41) is 6.97.